The van der Waals surface area contributed by atoms with Crippen molar-refractivity contribution in [1.82, 2.24) is 4.98 Å². The Labute approximate surface area is 263 Å². The second-order valence-corrected chi connectivity index (χ2v) is 15.0. The number of hydrogen-bond acceptors (Lipinski definition) is 1. The van der Waals surface area contributed by atoms with Gasteiger partial charge in [-0.2, -0.15) is 0 Å². The molecule has 44 heavy (non-hydrogen) atoms. The summed E-state index contributed by atoms with van der Waals surface area (Å²) in [4.78, 5) is 5.50. The van der Waals surface area contributed by atoms with E-state index in [4.69, 9.17) is 4.98 Å². The van der Waals surface area contributed by atoms with Crippen molar-refractivity contribution in [3.63, 3.8) is 0 Å². The number of benzene rings is 5. The van der Waals surface area contributed by atoms with Crippen LogP contribution in [0.4, 0.5) is 0 Å². The molecule has 1 nitrogen and oxygen atoms in total. The fourth-order valence-electron chi connectivity index (χ4n) is 7.41. The van der Waals surface area contributed by atoms with Gasteiger partial charge in [0.1, 0.15) is 0 Å². The Bertz CT molecular complexity index is 1920. The Morgan fingerprint density at radius 1 is 0.364 bits per heavy atom. The van der Waals surface area contributed by atoms with Crippen LogP contribution in [0, 0.1) is 0 Å². The molecule has 220 valence electrons. The molecule has 2 heterocycles. The molecule has 0 saturated heterocycles. The van der Waals surface area contributed by atoms with Gasteiger partial charge in [-0.3, -0.25) is 4.98 Å². The molecule has 7 rings (SSSR count). The molecule has 1 aromatic heterocycles. The van der Waals surface area contributed by atoms with E-state index in [0.29, 0.717) is 0 Å². The van der Waals surface area contributed by atoms with E-state index >= 15 is 0 Å². The zero-order chi connectivity index (χ0) is 31.1. The van der Waals surface area contributed by atoms with Gasteiger partial charge in [-0.1, -0.05) is 159 Å². The quantitative estimate of drug-likeness (QED) is 0.176. The first-order valence-corrected chi connectivity index (χ1v) is 16.0. The van der Waals surface area contributed by atoms with Crippen molar-refractivity contribution in [2.24, 2.45) is 0 Å². The van der Waals surface area contributed by atoms with Gasteiger partial charge in [-0.05, 0) is 67.1 Å². The first kappa shape index (κ1) is 28.5. The van der Waals surface area contributed by atoms with E-state index in [0.717, 1.165) is 11.4 Å². The van der Waals surface area contributed by atoms with Gasteiger partial charge in [0, 0.05) is 21.7 Å². The molecule has 1 aliphatic heterocycles. The van der Waals surface area contributed by atoms with Gasteiger partial charge in [-0.15, -0.1) is 0 Å². The molecule has 8 bridgehead atoms. The van der Waals surface area contributed by atoms with Crippen LogP contribution in [0.3, 0.4) is 0 Å². The van der Waals surface area contributed by atoms with Crippen LogP contribution >= 0.6 is 0 Å². The Morgan fingerprint density at radius 2 is 0.818 bits per heavy atom. The van der Waals surface area contributed by atoms with Gasteiger partial charge < -0.3 is 0 Å². The molecular weight excluding hydrogens is 530 g/mol. The van der Waals surface area contributed by atoms with Crippen LogP contribution < -0.4 is 0 Å². The molecule has 0 spiro atoms. The number of rotatable bonds is 0. The summed E-state index contributed by atoms with van der Waals surface area (Å²) in [6.07, 6.45) is 0. The fraction of sp³-hybridized carbons (Fsp3) is 0.279. The van der Waals surface area contributed by atoms with Crippen molar-refractivity contribution in [1.29, 1.82) is 0 Å². The number of nitrogens with zero attached hydrogens (tertiary/aromatic N) is 1. The van der Waals surface area contributed by atoms with Crippen molar-refractivity contribution in [3.05, 3.63) is 160 Å². The lowest BCUT2D eigenvalue weighted by atomic mass is 9.69. The van der Waals surface area contributed by atoms with Crippen molar-refractivity contribution in [3.8, 4) is 0 Å². The summed E-state index contributed by atoms with van der Waals surface area (Å²) in [6.45, 7) is 18.9. The molecule has 6 aromatic rings. The van der Waals surface area contributed by atoms with Crippen LogP contribution in [0.5, 0.6) is 0 Å². The molecule has 0 amide bonds. The minimum absolute atomic E-state index is 0.209. The molecule has 0 N–H and O–H groups in total. The van der Waals surface area contributed by atoms with E-state index in [2.05, 4.69) is 171 Å². The molecular formula is C43H43N. The van der Waals surface area contributed by atoms with Crippen molar-refractivity contribution >= 4 is 21.5 Å². The van der Waals surface area contributed by atoms with Gasteiger partial charge in [0.15, 0.2) is 0 Å². The first-order valence-electron chi connectivity index (χ1n) is 16.0. The SMILES string of the molecule is CC1(C)c2cccc(c2)C(C)(C)c2cc(cc3ccccc23)C(C)(C)c2cccc(n2)C(C)(C)c2cc1cc1ccccc21. The summed E-state index contributed by atoms with van der Waals surface area (Å²) >= 11 is 0. The van der Waals surface area contributed by atoms with Gasteiger partial charge >= 0.3 is 0 Å². The van der Waals surface area contributed by atoms with Crippen LogP contribution in [-0.2, 0) is 21.7 Å². The largest absolute Gasteiger partial charge is 0.256 e. The second-order valence-electron chi connectivity index (χ2n) is 15.0. The van der Waals surface area contributed by atoms with Crippen LogP contribution in [0.2, 0.25) is 0 Å². The average molecular weight is 574 g/mol. The zero-order valence-corrected chi connectivity index (χ0v) is 27.4. The van der Waals surface area contributed by atoms with Crippen LogP contribution in [0.25, 0.3) is 21.5 Å². The monoisotopic (exact) mass is 573 g/mol. The number of fused-ring (bicyclic) bond motifs is 12. The standard InChI is InChI=1S/C43H43N/c1-40(2)30-17-13-18-31(25-30)41(3,4)36-27-33(24-29-16-9-11-19-34(29)36)42(5,6)38-21-14-22-39(44-38)43(7,8)37-26-32(40)23-28-15-10-12-20-35(28)37/h9-27H,1-8H3. The van der Waals surface area contributed by atoms with Crippen LogP contribution in [0.15, 0.2) is 115 Å². The van der Waals surface area contributed by atoms with Crippen molar-refractivity contribution in [2.75, 3.05) is 0 Å². The highest BCUT2D eigenvalue weighted by Gasteiger charge is 2.35. The van der Waals surface area contributed by atoms with Gasteiger partial charge in [0.05, 0.1) is 11.4 Å². The average Bonchev–Trinajstić information content (AvgIpc) is 3.03. The van der Waals surface area contributed by atoms with E-state index in [1.165, 1.54) is 54.9 Å². The maximum atomic E-state index is 5.50. The third-order valence-electron chi connectivity index (χ3n) is 10.8. The van der Waals surface area contributed by atoms with Gasteiger partial charge in [0.25, 0.3) is 0 Å². The Balaban J connectivity index is 1.62. The Hall–Kier alpha value is -4.23. The maximum Gasteiger partial charge on any atom is 0.0507 e. The minimum atomic E-state index is -0.312. The first-order chi connectivity index (χ1) is 20.8. The third kappa shape index (κ3) is 4.24. The van der Waals surface area contributed by atoms with Crippen LogP contribution in [0.1, 0.15) is 100 Å². The number of aromatic nitrogens is 1. The summed E-state index contributed by atoms with van der Waals surface area (Å²) in [5, 5.41) is 5.15. The predicted molar refractivity (Wildman–Crippen MR) is 187 cm³/mol. The summed E-state index contributed by atoms with van der Waals surface area (Å²) in [6, 6.07) is 43.4. The minimum Gasteiger partial charge on any atom is -0.256 e. The van der Waals surface area contributed by atoms with Crippen LogP contribution in [-0.4, -0.2) is 4.98 Å². The molecule has 5 aromatic carbocycles. The molecule has 0 unspecified atom stereocenters. The second kappa shape index (κ2) is 9.63. The molecule has 0 fully saturated rings. The van der Waals surface area contributed by atoms with Crippen molar-refractivity contribution in [2.45, 2.75) is 77.0 Å². The molecule has 0 saturated carbocycles. The highest BCUT2D eigenvalue weighted by atomic mass is 14.8. The summed E-state index contributed by atoms with van der Waals surface area (Å²) in [5.41, 5.74) is 9.09. The van der Waals surface area contributed by atoms with Gasteiger partial charge in [0.2, 0.25) is 0 Å². The van der Waals surface area contributed by atoms with Crippen molar-refractivity contribution < 1.29 is 0 Å². The third-order valence-corrected chi connectivity index (χ3v) is 10.8. The Morgan fingerprint density at radius 3 is 1.41 bits per heavy atom. The lowest BCUT2D eigenvalue weighted by Gasteiger charge is -2.35. The fourth-order valence-corrected chi connectivity index (χ4v) is 7.41. The van der Waals surface area contributed by atoms with E-state index in [-0.39, 0.29) is 21.7 Å². The number of hydrogen-bond donors (Lipinski definition) is 0. The molecule has 1 aliphatic rings. The summed E-state index contributed by atoms with van der Waals surface area (Å²) in [7, 11) is 0. The predicted octanol–water partition coefficient (Wildman–Crippen LogP) is 11.0. The Kier molecular flexibility index (Phi) is 6.25. The van der Waals surface area contributed by atoms with E-state index in [1.807, 2.05) is 0 Å². The molecule has 0 radical (unpaired) electrons. The molecule has 1 heteroatoms. The van der Waals surface area contributed by atoms with E-state index in [9.17, 15) is 0 Å². The lowest BCUT2D eigenvalue weighted by Crippen LogP contribution is -2.28. The smallest absolute Gasteiger partial charge is 0.0507 e. The molecule has 0 aliphatic carbocycles. The zero-order valence-electron chi connectivity index (χ0n) is 27.4. The van der Waals surface area contributed by atoms with E-state index < -0.39 is 0 Å². The summed E-state index contributed by atoms with van der Waals surface area (Å²) < 4.78 is 0. The topological polar surface area (TPSA) is 12.9 Å². The lowest BCUT2D eigenvalue weighted by molar-refractivity contribution is 0.571. The van der Waals surface area contributed by atoms with E-state index in [1.54, 1.807) is 0 Å². The highest BCUT2D eigenvalue weighted by molar-refractivity contribution is 5.89. The highest BCUT2D eigenvalue weighted by Crippen LogP contribution is 2.45. The summed E-state index contributed by atoms with van der Waals surface area (Å²) in [5.74, 6) is 0. The van der Waals surface area contributed by atoms with Gasteiger partial charge in [-0.25, -0.2) is 0 Å². The maximum absolute atomic E-state index is 5.50. The molecule has 0 atom stereocenters. The normalized spacial score (nSPS) is 17.8. The number of pyridine rings is 1.